The molecule has 0 spiro atoms. The van der Waals surface area contributed by atoms with Gasteiger partial charge >= 0.3 is 6.03 Å². The first-order chi connectivity index (χ1) is 18.5. The number of fused-ring (bicyclic) bond motifs is 5. The first-order valence-electron chi connectivity index (χ1n) is 14.4. The lowest BCUT2D eigenvalue weighted by molar-refractivity contribution is -0.0485. The van der Waals surface area contributed by atoms with E-state index in [0.29, 0.717) is 23.6 Å². The van der Waals surface area contributed by atoms with E-state index in [0.717, 1.165) is 41.3 Å². The summed E-state index contributed by atoms with van der Waals surface area (Å²) in [6.07, 6.45) is 14.7. The van der Waals surface area contributed by atoms with Crippen LogP contribution in [0.3, 0.4) is 0 Å². The molecular formula is C30H36FN5O2. The number of nitrogens with zero attached hydrogens (tertiary/aromatic N) is 4. The summed E-state index contributed by atoms with van der Waals surface area (Å²) in [6.45, 7) is 3.52. The summed E-state index contributed by atoms with van der Waals surface area (Å²) in [5.41, 5.74) is 0.940. The maximum absolute atomic E-state index is 14.4. The molecule has 0 radical (unpaired) electrons. The van der Waals surface area contributed by atoms with E-state index in [1.54, 1.807) is 0 Å². The number of aromatic nitrogens is 2. The summed E-state index contributed by atoms with van der Waals surface area (Å²) in [4.78, 5) is 35.2. The fourth-order valence-corrected chi connectivity index (χ4v) is 8.45. The maximum atomic E-state index is 14.4. The Morgan fingerprint density at radius 3 is 2.29 bits per heavy atom. The number of allylic oxidation sites excluding steroid dienone is 1. The smallest absolute Gasteiger partial charge is 0.305 e. The molecule has 2 saturated heterocycles. The summed E-state index contributed by atoms with van der Waals surface area (Å²) >= 11 is 0. The van der Waals surface area contributed by atoms with Crippen LogP contribution in [0.15, 0.2) is 53.4 Å². The standard InChI is InChI=1S/C30H36FN5O2/c1-18-25(31)17-34(30(38)32-18)28-29(37)36(27-11-3-2-10-26(27)33-28)24-15-21-8-5-9-22(16-24)35(21)23-13-19-6-4-7-20(12-19)14-23/h2-3,10-11,17,19-24H,1,4-9,12-16H2,(H,32,38)/t19-,20+,21-,22+,23+,24+. The van der Waals surface area contributed by atoms with E-state index < -0.39 is 11.9 Å². The fraction of sp³-hybridized carbons (Fsp3) is 0.567. The fourth-order valence-electron chi connectivity index (χ4n) is 8.45. The van der Waals surface area contributed by atoms with Crippen molar-refractivity contribution in [2.75, 3.05) is 4.90 Å². The van der Waals surface area contributed by atoms with Crippen molar-refractivity contribution in [3.05, 3.63) is 58.9 Å². The highest BCUT2D eigenvalue weighted by Gasteiger charge is 2.45. The van der Waals surface area contributed by atoms with Gasteiger partial charge in [-0.2, -0.15) is 0 Å². The number of halogens is 1. The summed E-state index contributed by atoms with van der Waals surface area (Å²) in [5, 5.41) is 2.40. The van der Waals surface area contributed by atoms with Crippen molar-refractivity contribution in [3.63, 3.8) is 0 Å². The van der Waals surface area contributed by atoms with Gasteiger partial charge < -0.3 is 9.88 Å². The van der Waals surface area contributed by atoms with Gasteiger partial charge in [0.25, 0.3) is 5.56 Å². The van der Waals surface area contributed by atoms with E-state index in [4.69, 9.17) is 0 Å². The van der Waals surface area contributed by atoms with Gasteiger partial charge in [0.1, 0.15) is 0 Å². The summed E-state index contributed by atoms with van der Waals surface area (Å²) in [6, 6.07) is 8.59. The molecule has 4 bridgehead atoms. The van der Waals surface area contributed by atoms with E-state index in [9.17, 15) is 14.0 Å². The Balaban J connectivity index is 1.26. The van der Waals surface area contributed by atoms with Crippen LogP contribution in [0.4, 0.5) is 15.0 Å². The second-order valence-electron chi connectivity index (χ2n) is 12.2. The number of anilines is 1. The molecule has 3 aliphatic heterocycles. The highest BCUT2D eigenvalue weighted by Crippen LogP contribution is 2.47. The SMILES string of the molecule is C=C1NC(=O)N(c2nc3ccccc3n([C@H]3C[C@H]4CCC[C@@H](C3)N4[C@H]3C[C@@H]4CCC[C@@H](C4)C3)c2=O)C=C1F. The zero-order valence-corrected chi connectivity index (χ0v) is 21.8. The number of hydrogen-bond donors (Lipinski definition) is 1. The molecule has 2 saturated carbocycles. The molecule has 6 atom stereocenters. The van der Waals surface area contributed by atoms with Gasteiger partial charge in [-0.15, -0.1) is 0 Å². The van der Waals surface area contributed by atoms with E-state index in [1.165, 1.54) is 57.8 Å². The van der Waals surface area contributed by atoms with Crippen LogP contribution in [0.2, 0.25) is 0 Å². The Labute approximate surface area is 222 Å². The largest absolute Gasteiger partial charge is 0.331 e. The number of benzene rings is 1. The van der Waals surface area contributed by atoms with Crippen LogP contribution in [0, 0.1) is 11.8 Å². The Hall–Kier alpha value is -3.00. The Kier molecular flexibility index (Phi) is 5.91. The second kappa shape index (κ2) is 9.33. The van der Waals surface area contributed by atoms with Gasteiger partial charge in [0, 0.05) is 24.2 Å². The number of rotatable bonds is 3. The number of urea groups is 1. The van der Waals surface area contributed by atoms with Crippen LogP contribution in [0.1, 0.15) is 76.7 Å². The Bertz CT molecular complexity index is 1360. The molecule has 2 amide bonds. The Morgan fingerprint density at radius 2 is 1.55 bits per heavy atom. The third kappa shape index (κ3) is 3.99. The number of para-hydroxylation sites is 2. The molecule has 5 aliphatic rings. The Morgan fingerprint density at radius 1 is 0.868 bits per heavy atom. The third-order valence-electron chi connectivity index (χ3n) is 9.91. The van der Waals surface area contributed by atoms with Crippen LogP contribution >= 0.6 is 0 Å². The number of nitrogens with one attached hydrogen (secondary N) is 1. The molecule has 7 nitrogen and oxygen atoms in total. The van der Waals surface area contributed by atoms with Crippen molar-refractivity contribution < 1.29 is 9.18 Å². The van der Waals surface area contributed by atoms with Crippen molar-refractivity contribution in [1.29, 1.82) is 0 Å². The average molecular weight is 518 g/mol. The molecule has 8 heteroatoms. The quantitative estimate of drug-likeness (QED) is 0.561. The van der Waals surface area contributed by atoms with Crippen LogP contribution in [-0.2, 0) is 0 Å². The number of carbonyl (C=O) groups is 1. The van der Waals surface area contributed by atoms with Crippen molar-refractivity contribution >= 4 is 22.9 Å². The van der Waals surface area contributed by atoms with E-state index >= 15 is 0 Å². The molecule has 2 aromatic rings. The minimum Gasteiger partial charge on any atom is -0.305 e. The lowest BCUT2D eigenvalue weighted by atomic mass is 9.68. The van der Waals surface area contributed by atoms with Crippen molar-refractivity contribution in [1.82, 2.24) is 19.8 Å². The number of hydrogen-bond acceptors (Lipinski definition) is 4. The van der Waals surface area contributed by atoms with Gasteiger partial charge in [-0.05, 0) is 68.9 Å². The highest BCUT2D eigenvalue weighted by molar-refractivity contribution is 5.96. The first kappa shape index (κ1) is 24.1. The van der Waals surface area contributed by atoms with Crippen LogP contribution in [-0.4, -0.2) is 38.6 Å². The molecule has 200 valence electrons. The highest BCUT2D eigenvalue weighted by atomic mass is 19.1. The minimum atomic E-state index is -0.689. The predicted molar refractivity (Wildman–Crippen MR) is 145 cm³/mol. The predicted octanol–water partition coefficient (Wildman–Crippen LogP) is 5.78. The number of amides is 2. The van der Waals surface area contributed by atoms with Gasteiger partial charge in [0.15, 0.2) is 5.83 Å². The zero-order valence-electron chi connectivity index (χ0n) is 21.8. The van der Waals surface area contributed by atoms with Crippen LogP contribution < -0.4 is 15.8 Å². The van der Waals surface area contributed by atoms with Gasteiger partial charge in [0.05, 0.1) is 22.9 Å². The first-order valence-corrected chi connectivity index (χ1v) is 14.4. The van der Waals surface area contributed by atoms with Gasteiger partial charge in [-0.3, -0.25) is 9.69 Å². The third-order valence-corrected chi connectivity index (χ3v) is 9.91. The van der Waals surface area contributed by atoms with E-state index in [2.05, 4.69) is 21.8 Å². The number of piperidine rings is 2. The molecule has 1 N–H and O–H groups in total. The summed E-state index contributed by atoms with van der Waals surface area (Å²) in [7, 11) is 0. The molecule has 1 aromatic carbocycles. The zero-order chi connectivity index (χ0) is 26.0. The molecule has 38 heavy (non-hydrogen) atoms. The summed E-state index contributed by atoms with van der Waals surface area (Å²) < 4.78 is 16.3. The molecule has 4 heterocycles. The number of carbonyl (C=O) groups excluding carboxylic acids is 1. The van der Waals surface area contributed by atoms with Crippen molar-refractivity contribution in [3.8, 4) is 0 Å². The van der Waals surface area contributed by atoms with E-state index in [-0.39, 0.29) is 23.1 Å². The lowest BCUT2D eigenvalue weighted by Gasteiger charge is -2.55. The minimum absolute atomic E-state index is 0.0143. The summed E-state index contributed by atoms with van der Waals surface area (Å²) in [5.74, 6) is 1.02. The molecular weight excluding hydrogens is 481 g/mol. The van der Waals surface area contributed by atoms with Gasteiger partial charge in [0.2, 0.25) is 5.82 Å². The lowest BCUT2D eigenvalue weighted by Crippen LogP contribution is -2.58. The monoisotopic (exact) mass is 517 g/mol. The molecule has 4 fully saturated rings. The van der Waals surface area contributed by atoms with Gasteiger partial charge in [-0.25, -0.2) is 19.1 Å². The normalized spacial score (nSPS) is 33.7. The molecule has 2 aliphatic carbocycles. The second-order valence-corrected chi connectivity index (χ2v) is 12.2. The van der Waals surface area contributed by atoms with Crippen molar-refractivity contribution in [2.24, 2.45) is 11.8 Å². The topological polar surface area (TPSA) is 70.5 Å². The van der Waals surface area contributed by atoms with Crippen LogP contribution in [0.25, 0.3) is 11.0 Å². The average Bonchev–Trinajstić information content (AvgIpc) is 2.89. The van der Waals surface area contributed by atoms with Crippen LogP contribution in [0.5, 0.6) is 0 Å². The van der Waals surface area contributed by atoms with Crippen molar-refractivity contribution in [2.45, 2.75) is 94.8 Å². The van der Waals surface area contributed by atoms with Gasteiger partial charge in [-0.1, -0.05) is 44.4 Å². The maximum Gasteiger partial charge on any atom is 0.331 e. The molecule has 1 aromatic heterocycles. The van der Waals surface area contributed by atoms with E-state index in [1.807, 2.05) is 28.8 Å². The molecule has 0 unspecified atom stereocenters. The molecule has 7 rings (SSSR count).